The Labute approximate surface area is 119 Å². The van der Waals surface area contributed by atoms with Crippen molar-refractivity contribution in [3.8, 4) is 0 Å². The molecule has 0 aliphatic rings. The lowest BCUT2D eigenvalue weighted by Crippen LogP contribution is -2.19. The van der Waals surface area contributed by atoms with Crippen molar-refractivity contribution >= 4 is 17.3 Å². The molecule has 0 unspecified atom stereocenters. The third-order valence-electron chi connectivity index (χ3n) is 3.24. The highest BCUT2D eigenvalue weighted by molar-refractivity contribution is 6.31. The van der Waals surface area contributed by atoms with Crippen LogP contribution in [0.25, 0.3) is 0 Å². The van der Waals surface area contributed by atoms with Gasteiger partial charge in [0.25, 0.3) is 0 Å². The Morgan fingerprint density at radius 1 is 1.11 bits per heavy atom. The van der Waals surface area contributed by atoms with Gasteiger partial charge in [-0.2, -0.15) is 0 Å². The van der Waals surface area contributed by atoms with E-state index in [4.69, 9.17) is 17.3 Å². The minimum absolute atomic E-state index is 0.544. The summed E-state index contributed by atoms with van der Waals surface area (Å²) in [7, 11) is 2.07. The molecule has 0 saturated heterocycles. The van der Waals surface area contributed by atoms with Crippen LogP contribution in [0.2, 0.25) is 5.02 Å². The molecule has 0 heterocycles. The first-order valence-corrected chi connectivity index (χ1v) is 6.73. The van der Waals surface area contributed by atoms with E-state index in [1.807, 2.05) is 18.2 Å². The molecule has 2 nitrogen and oxygen atoms in total. The van der Waals surface area contributed by atoms with Gasteiger partial charge in [-0.1, -0.05) is 41.9 Å². The smallest absolute Gasteiger partial charge is 0.0455 e. The van der Waals surface area contributed by atoms with Gasteiger partial charge < -0.3 is 10.6 Å². The standard InChI is InChI=1S/C16H19ClN2/c1-12-7-8-13(10-18)16(9-12)19(2)11-14-5-3-4-6-15(14)17/h3-9H,10-11,18H2,1-2H3. The summed E-state index contributed by atoms with van der Waals surface area (Å²) in [5, 5.41) is 0.802. The highest BCUT2D eigenvalue weighted by Gasteiger charge is 2.09. The van der Waals surface area contributed by atoms with Crippen LogP contribution in [0.15, 0.2) is 42.5 Å². The minimum Gasteiger partial charge on any atom is -0.370 e. The van der Waals surface area contributed by atoms with Crippen molar-refractivity contribution in [2.75, 3.05) is 11.9 Å². The summed E-state index contributed by atoms with van der Waals surface area (Å²) in [5.74, 6) is 0. The first kappa shape index (κ1) is 13.9. The predicted molar refractivity (Wildman–Crippen MR) is 82.6 cm³/mol. The van der Waals surface area contributed by atoms with E-state index >= 15 is 0 Å². The van der Waals surface area contributed by atoms with Gasteiger partial charge in [-0.25, -0.2) is 0 Å². The van der Waals surface area contributed by atoms with E-state index in [2.05, 4.69) is 43.1 Å². The molecule has 0 spiro atoms. The van der Waals surface area contributed by atoms with E-state index in [-0.39, 0.29) is 0 Å². The third-order valence-corrected chi connectivity index (χ3v) is 3.61. The SMILES string of the molecule is Cc1ccc(CN)c(N(C)Cc2ccccc2Cl)c1. The summed E-state index contributed by atoms with van der Waals surface area (Å²) in [6.07, 6.45) is 0. The summed E-state index contributed by atoms with van der Waals surface area (Å²) in [6.45, 7) is 3.41. The molecule has 2 rings (SSSR count). The zero-order valence-electron chi connectivity index (χ0n) is 11.4. The topological polar surface area (TPSA) is 29.3 Å². The Hall–Kier alpha value is -1.51. The number of nitrogens with two attached hydrogens (primary N) is 1. The molecule has 2 N–H and O–H groups in total. The van der Waals surface area contributed by atoms with Crippen molar-refractivity contribution in [3.05, 3.63) is 64.2 Å². The summed E-state index contributed by atoms with van der Waals surface area (Å²) in [5.41, 5.74) is 10.5. The number of hydrogen-bond acceptors (Lipinski definition) is 2. The first-order valence-electron chi connectivity index (χ1n) is 6.36. The van der Waals surface area contributed by atoms with Gasteiger partial charge in [0.15, 0.2) is 0 Å². The van der Waals surface area contributed by atoms with Gasteiger partial charge in [-0.3, -0.25) is 0 Å². The van der Waals surface area contributed by atoms with Crippen LogP contribution in [0, 0.1) is 6.92 Å². The van der Waals surface area contributed by atoms with Gasteiger partial charge in [0.05, 0.1) is 0 Å². The highest BCUT2D eigenvalue weighted by atomic mass is 35.5. The van der Waals surface area contributed by atoms with Crippen LogP contribution < -0.4 is 10.6 Å². The highest BCUT2D eigenvalue weighted by Crippen LogP contribution is 2.24. The largest absolute Gasteiger partial charge is 0.370 e. The van der Waals surface area contributed by atoms with Crippen LogP contribution in [0.1, 0.15) is 16.7 Å². The van der Waals surface area contributed by atoms with Crippen LogP contribution in [0.3, 0.4) is 0 Å². The number of anilines is 1. The molecule has 0 radical (unpaired) electrons. The number of hydrogen-bond donors (Lipinski definition) is 1. The van der Waals surface area contributed by atoms with Gasteiger partial charge in [0, 0.05) is 30.8 Å². The first-order chi connectivity index (χ1) is 9.11. The van der Waals surface area contributed by atoms with Crippen LogP contribution >= 0.6 is 11.6 Å². The van der Waals surface area contributed by atoms with E-state index < -0.39 is 0 Å². The van der Waals surface area contributed by atoms with Gasteiger partial charge in [-0.15, -0.1) is 0 Å². The van der Waals surface area contributed by atoms with E-state index in [1.54, 1.807) is 0 Å². The molecule has 2 aromatic carbocycles. The molecule has 0 aliphatic heterocycles. The van der Waals surface area contributed by atoms with Crippen molar-refractivity contribution in [1.82, 2.24) is 0 Å². The monoisotopic (exact) mass is 274 g/mol. The third kappa shape index (κ3) is 3.28. The van der Waals surface area contributed by atoms with Crippen molar-refractivity contribution in [3.63, 3.8) is 0 Å². The molecule has 19 heavy (non-hydrogen) atoms. The Bertz CT molecular complexity index is 566. The minimum atomic E-state index is 0.544. The maximum atomic E-state index is 6.21. The lowest BCUT2D eigenvalue weighted by Gasteiger charge is -2.23. The lowest BCUT2D eigenvalue weighted by atomic mass is 10.1. The Kier molecular flexibility index (Phi) is 4.46. The summed E-state index contributed by atoms with van der Waals surface area (Å²) in [4.78, 5) is 2.19. The molecule has 0 aliphatic carbocycles. The molecule has 2 aromatic rings. The van der Waals surface area contributed by atoms with E-state index in [0.717, 1.165) is 22.7 Å². The average Bonchev–Trinajstić information content (AvgIpc) is 2.41. The second-order valence-corrected chi connectivity index (χ2v) is 5.19. The zero-order chi connectivity index (χ0) is 13.8. The van der Waals surface area contributed by atoms with Crippen molar-refractivity contribution in [2.45, 2.75) is 20.0 Å². The van der Waals surface area contributed by atoms with E-state index in [0.29, 0.717) is 6.54 Å². The van der Waals surface area contributed by atoms with Crippen molar-refractivity contribution < 1.29 is 0 Å². The molecule has 0 atom stereocenters. The van der Waals surface area contributed by atoms with Crippen LogP contribution in [0.5, 0.6) is 0 Å². The maximum absolute atomic E-state index is 6.21. The second kappa shape index (κ2) is 6.09. The number of rotatable bonds is 4. The molecule has 0 amide bonds. The summed E-state index contributed by atoms with van der Waals surface area (Å²) in [6, 6.07) is 14.3. The molecule has 0 aromatic heterocycles. The molecule has 100 valence electrons. The van der Waals surface area contributed by atoms with Gasteiger partial charge in [0.2, 0.25) is 0 Å². The maximum Gasteiger partial charge on any atom is 0.0455 e. The van der Waals surface area contributed by atoms with Crippen molar-refractivity contribution in [1.29, 1.82) is 0 Å². The Balaban J connectivity index is 2.27. The van der Waals surface area contributed by atoms with Crippen molar-refractivity contribution in [2.24, 2.45) is 5.73 Å². The fourth-order valence-electron chi connectivity index (χ4n) is 2.17. The molecule has 3 heteroatoms. The molecular formula is C16H19ClN2. The van der Waals surface area contributed by atoms with E-state index in [1.165, 1.54) is 11.3 Å². The van der Waals surface area contributed by atoms with Gasteiger partial charge >= 0.3 is 0 Å². The van der Waals surface area contributed by atoms with Crippen LogP contribution in [-0.4, -0.2) is 7.05 Å². The molecule has 0 fully saturated rings. The molecule has 0 saturated carbocycles. The molecular weight excluding hydrogens is 256 g/mol. The fraction of sp³-hybridized carbons (Fsp3) is 0.250. The fourth-order valence-corrected chi connectivity index (χ4v) is 2.36. The summed E-state index contributed by atoms with van der Waals surface area (Å²) < 4.78 is 0. The van der Waals surface area contributed by atoms with Gasteiger partial charge in [0.1, 0.15) is 0 Å². The Morgan fingerprint density at radius 2 is 1.84 bits per heavy atom. The number of halogens is 1. The lowest BCUT2D eigenvalue weighted by molar-refractivity contribution is 0.903. The zero-order valence-corrected chi connectivity index (χ0v) is 12.1. The average molecular weight is 275 g/mol. The number of aryl methyl sites for hydroxylation is 1. The Morgan fingerprint density at radius 3 is 2.53 bits per heavy atom. The van der Waals surface area contributed by atoms with Crippen LogP contribution in [0.4, 0.5) is 5.69 Å². The number of nitrogens with zero attached hydrogens (tertiary/aromatic N) is 1. The molecule has 0 bridgehead atoms. The quantitative estimate of drug-likeness (QED) is 0.920. The van der Waals surface area contributed by atoms with E-state index in [9.17, 15) is 0 Å². The van der Waals surface area contributed by atoms with Crippen LogP contribution in [-0.2, 0) is 13.1 Å². The predicted octanol–water partition coefficient (Wildman–Crippen LogP) is 3.74. The van der Waals surface area contributed by atoms with Gasteiger partial charge in [-0.05, 0) is 35.7 Å². The summed E-state index contributed by atoms with van der Waals surface area (Å²) >= 11 is 6.21. The number of benzene rings is 2. The normalized spacial score (nSPS) is 10.5. The second-order valence-electron chi connectivity index (χ2n) is 4.78.